The molecule has 0 amide bonds. The number of hydrazone groups is 1. The Morgan fingerprint density at radius 2 is 1.56 bits per heavy atom. The van der Waals surface area contributed by atoms with Gasteiger partial charge in [-0.2, -0.15) is 18.3 Å². The van der Waals surface area contributed by atoms with Gasteiger partial charge in [0.05, 0.1) is 12.8 Å². The summed E-state index contributed by atoms with van der Waals surface area (Å²) in [6.45, 7) is 2.04. The van der Waals surface area contributed by atoms with Crippen LogP contribution in [-0.2, 0) is 12.8 Å². The van der Waals surface area contributed by atoms with Gasteiger partial charge in [-0.3, -0.25) is 5.43 Å². The van der Waals surface area contributed by atoms with E-state index in [1.165, 1.54) is 18.2 Å². The molecular weight excluding hydrogens is 540 g/mol. The Morgan fingerprint density at radius 1 is 0.889 bits per heavy atom. The number of ether oxygens (including phenoxy) is 2. The Labute approximate surface area is 210 Å². The highest BCUT2D eigenvalue weighted by Gasteiger charge is 2.42. The number of hydrogen-bond acceptors (Lipinski definition) is 4. The maximum Gasteiger partial charge on any atom is 0.422 e. The van der Waals surface area contributed by atoms with Gasteiger partial charge in [0.25, 0.3) is 0 Å². The highest BCUT2D eigenvalue weighted by Crippen LogP contribution is 2.38. The molecule has 36 heavy (non-hydrogen) atoms. The van der Waals surface area contributed by atoms with Gasteiger partial charge in [-0.1, -0.05) is 29.3 Å². The van der Waals surface area contributed by atoms with Crippen LogP contribution in [0, 0.1) is 23.3 Å². The molecule has 192 valence electrons. The first-order valence-electron chi connectivity index (χ1n) is 9.99. The summed E-state index contributed by atoms with van der Waals surface area (Å²) in [4.78, 5) is 0. The molecule has 0 atom stereocenters. The average molecular weight is 555 g/mol. The molecule has 0 aliphatic heterocycles. The average Bonchev–Trinajstić information content (AvgIpc) is 2.80. The summed E-state index contributed by atoms with van der Waals surface area (Å²) < 4.78 is 105. The van der Waals surface area contributed by atoms with Gasteiger partial charge in [-0.25, -0.2) is 17.6 Å². The van der Waals surface area contributed by atoms with Crippen molar-refractivity contribution in [3.05, 3.63) is 86.4 Å². The Bertz CT molecular complexity index is 1270. The van der Waals surface area contributed by atoms with Crippen molar-refractivity contribution in [1.29, 1.82) is 0 Å². The van der Waals surface area contributed by atoms with E-state index in [-0.39, 0.29) is 24.5 Å². The molecule has 0 fully saturated rings. The molecule has 0 unspecified atom stereocenters. The third-order valence-electron chi connectivity index (χ3n) is 4.60. The van der Waals surface area contributed by atoms with Crippen molar-refractivity contribution in [2.24, 2.45) is 5.10 Å². The van der Waals surface area contributed by atoms with Crippen molar-refractivity contribution in [3.8, 4) is 11.5 Å². The minimum absolute atomic E-state index is 0.0780. The number of hydrogen-bond donors (Lipinski definition) is 1. The summed E-state index contributed by atoms with van der Waals surface area (Å²) in [5.74, 6) is -9.18. The number of rotatable bonds is 8. The van der Waals surface area contributed by atoms with Gasteiger partial charge in [-0.15, -0.1) is 0 Å². The van der Waals surface area contributed by atoms with E-state index in [1.54, 1.807) is 30.5 Å². The molecule has 0 radical (unpaired) electrons. The largest absolute Gasteiger partial charge is 0.490 e. The first-order valence-corrected chi connectivity index (χ1v) is 10.7. The molecule has 3 aromatic carbocycles. The van der Waals surface area contributed by atoms with E-state index in [4.69, 9.17) is 32.7 Å². The molecule has 0 saturated carbocycles. The molecule has 3 aromatic rings. The second-order valence-corrected chi connectivity index (χ2v) is 7.88. The predicted molar refractivity (Wildman–Crippen MR) is 121 cm³/mol. The lowest BCUT2D eigenvalue weighted by Crippen LogP contribution is -2.16. The third kappa shape index (κ3) is 6.14. The van der Waals surface area contributed by atoms with E-state index < -0.39 is 40.7 Å². The van der Waals surface area contributed by atoms with Crippen molar-refractivity contribution >= 4 is 35.1 Å². The lowest BCUT2D eigenvalue weighted by molar-refractivity contribution is -0.143. The van der Waals surface area contributed by atoms with E-state index in [2.05, 4.69) is 5.10 Å². The number of nitrogens with zero attached hydrogens (tertiary/aromatic N) is 1. The zero-order valence-electron chi connectivity index (χ0n) is 18.1. The fourth-order valence-electron chi connectivity index (χ4n) is 2.94. The Balaban J connectivity index is 1.80. The molecule has 0 saturated heterocycles. The summed E-state index contributed by atoms with van der Waals surface area (Å²) in [6.07, 6.45) is -4.65. The summed E-state index contributed by atoms with van der Waals surface area (Å²) >= 11 is 12.0. The zero-order valence-corrected chi connectivity index (χ0v) is 19.6. The minimum Gasteiger partial charge on any atom is -0.490 e. The van der Waals surface area contributed by atoms with E-state index in [9.17, 15) is 30.7 Å². The maximum atomic E-state index is 14.0. The van der Waals surface area contributed by atoms with Gasteiger partial charge >= 0.3 is 6.18 Å². The van der Waals surface area contributed by atoms with E-state index in [1.807, 2.05) is 0 Å². The Kier molecular flexibility index (Phi) is 8.57. The SMILES string of the molecule is CCOc1cc(/C=N\Nc2c(F)c(F)c(C(F)(F)F)c(F)c2F)ccc1OCc1ccc(Cl)cc1Cl. The van der Waals surface area contributed by atoms with Gasteiger partial charge in [0, 0.05) is 15.6 Å². The molecule has 0 aliphatic rings. The van der Waals surface area contributed by atoms with Gasteiger partial charge in [-0.05, 0) is 42.8 Å². The van der Waals surface area contributed by atoms with E-state index >= 15 is 0 Å². The van der Waals surface area contributed by atoms with Gasteiger partial charge in [0.1, 0.15) is 17.9 Å². The summed E-state index contributed by atoms with van der Waals surface area (Å²) in [7, 11) is 0. The number of benzene rings is 3. The lowest BCUT2D eigenvalue weighted by atomic mass is 10.1. The first-order chi connectivity index (χ1) is 16.9. The van der Waals surface area contributed by atoms with Crippen LogP contribution in [0.2, 0.25) is 10.0 Å². The highest BCUT2D eigenvalue weighted by molar-refractivity contribution is 6.35. The number of anilines is 1. The second kappa shape index (κ2) is 11.3. The predicted octanol–water partition coefficient (Wildman–Crippen LogP) is 7.99. The Morgan fingerprint density at radius 3 is 2.14 bits per heavy atom. The van der Waals surface area contributed by atoms with Crippen molar-refractivity contribution in [3.63, 3.8) is 0 Å². The van der Waals surface area contributed by atoms with Crippen LogP contribution in [0.15, 0.2) is 41.5 Å². The zero-order chi connectivity index (χ0) is 26.6. The molecule has 0 aliphatic carbocycles. The van der Waals surface area contributed by atoms with Crippen LogP contribution in [0.4, 0.5) is 36.4 Å². The van der Waals surface area contributed by atoms with Crippen LogP contribution in [0.25, 0.3) is 0 Å². The van der Waals surface area contributed by atoms with Crippen LogP contribution in [0.5, 0.6) is 11.5 Å². The first kappa shape index (κ1) is 27.4. The number of alkyl halides is 3. The van der Waals surface area contributed by atoms with Crippen molar-refractivity contribution in [1.82, 2.24) is 0 Å². The van der Waals surface area contributed by atoms with Gasteiger partial charge in [0.2, 0.25) is 0 Å². The van der Waals surface area contributed by atoms with E-state index in [0.29, 0.717) is 21.4 Å². The van der Waals surface area contributed by atoms with Gasteiger partial charge < -0.3 is 9.47 Å². The Hall–Kier alpha value is -3.18. The molecular formula is C23H15Cl2F7N2O2. The fourth-order valence-corrected chi connectivity index (χ4v) is 3.40. The molecule has 13 heteroatoms. The summed E-state index contributed by atoms with van der Waals surface area (Å²) in [6, 6.07) is 9.28. The second-order valence-electron chi connectivity index (χ2n) is 7.04. The molecule has 0 spiro atoms. The van der Waals surface area contributed by atoms with Crippen molar-refractivity contribution < 1.29 is 40.2 Å². The molecule has 4 nitrogen and oxygen atoms in total. The standard InChI is InChI=1S/C23H15Cl2F7N2O2/c1-2-35-16-7-11(3-6-15(16)36-10-12-4-5-13(24)8-14(12)25)9-33-34-22-20(28)18(26)17(23(30,31)32)19(27)21(22)29/h3-9,34H,2,10H2,1H3/b33-9-. The van der Waals surface area contributed by atoms with Crippen molar-refractivity contribution in [2.75, 3.05) is 12.0 Å². The fraction of sp³-hybridized carbons (Fsp3) is 0.174. The van der Waals surface area contributed by atoms with Crippen LogP contribution in [0.3, 0.4) is 0 Å². The van der Waals surface area contributed by atoms with Gasteiger partial charge in [0.15, 0.2) is 34.8 Å². The summed E-state index contributed by atoms with van der Waals surface area (Å²) in [5, 5.41) is 4.31. The monoisotopic (exact) mass is 554 g/mol. The topological polar surface area (TPSA) is 42.8 Å². The van der Waals surface area contributed by atoms with Crippen molar-refractivity contribution in [2.45, 2.75) is 19.7 Å². The third-order valence-corrected chi connectivity index (χ3v) is 5.19. The van der Waals surface area contributed by atoms with E-state index in [0.717, 1.165) is 6.21 Å². The number of nitrogens with one attached hydrogen (secondary N) is 1. The molecule has 0 heterocycles. The molecule has 0 aromatic heterocycles. The number of halogens is 9. The molecule has 0 bridgehead atoms. The van der Waals surface area contributed by atoms with Crippen LogP contribution >= 0.6 is 23.2 Å². The molecule has 3 rings (SSSR count). The lowest BCUT2D eigenvalue weighted by Gasteiger charge is -2.14. The van der Waals surface area contributed by atoms with Crippen LogP contribution in [0.1, 0.15) is 23.6 Å². The maximum absolute atomic E-state index is 14.0. The highest BCUT2D eigenvalue weighted by atomic mass is 35.5. The normalized spacial score (nSPS) is 11.7. The quantitative estimate of drug-likeness (QED) is 0.133. The summed E-state index contributed by atoms with van der Waals surface area (Å²) in [5.41, 5.74) is -1.58. The molecule has 1 N–H and O–H groups in total. The minimum atomic E-state index is -5.64. The smallest absolute Gasteiger partial charge is 0.422 e. The van der Waals surface area contributed by atoms with Crippen LogP contribution < -0.4 is 14.9 Å². The van der Waals surface area contributed by atoms with Crippen LogP contribution in [-0.4, -0.2) is 12.8 Å².